The van der Waals surface area contributed by atoms with Gasteiger partial charge in [-0.25, -0.2) is 0 Å². The number of nitrogens with zero attached hydrogens (tertiary/aromatic N) is 2. The lowest BCUT2D eigenvalue weighted by atomic mass is 9.92. The first kappa shape index (κ1) is 29.3. The molecule has 48 heavy (non-hydrogen) atoms. The summed E-state index contributed by atoms with van der Waals surface area (Å²) in [5, 5.41) is 2.50. The minimum absolute atomic E-state index is 0.280. The van der Waals surface area contributed by atoms with Crippen LogP contribution in [0, 0.1) is 0 Å². The highest BCUT2D eigenvalue weighted by Crippen LogP contribution is 2.40. The predicted octanol–water partition coefficient (Wildman–Crippen LogP) is 12.7. The highest BCUT2D eigenvalue weighted by atomic mass is 15.2. The van der Waals surface area contributed by atoms with Crippen molar-refractivity contribution < 1.29 is 0 Å². The van der Waals surface area contributed by atoms with Gasteiger partial charge >= 0.3 is 0 Å². The number of anilines is 5. The van der Waals surface area contributed by atoms with E-state index in [1.54, 1.807) is 0 Å². The van der Waals surface area contributed by atoms with E-state index in [0.29, 0.717) is 0 Å². The van der Waals surface area contributed by atoms with E-state index >= 15 is 0 Å². The lowest BCUT2D eigenvalue weighted by Crippen LogP contribution is -2.29. The van der Waals surface area contributed by atoms with Gasteiger partial charge in [0, 0.05) is 28.4 Å². The van der Waals surface area contributed by atoms with Gasteiger partial charge in [0.15, 0.2) is 0 Å². The molecule has 1 unspecified atom stereocenters. The molecule has 2 heteroatoms. The topological polar surface area (TPSA) is 6.48 Å². The van der Waals surface area contributed by atoms with Gasteiger partial charge in [0.05, 0.1) is 6.04 Å². The Morgan fingerprint density at radius 1 is 0.375 bits per heavy atom. The first-order chi connectivity index (χ1) is 23.8. The molecule has 230 valence electrons. The summed E-state index contributed by atoms with van der Waals surface area (Å²) in [7, 11) is 0. The molecule has 0 bridgehead atoms. The third-order valence-corrected chi connectivity index (χ3v) is 9.17. The van der Waals surface area contributed by atoms with E-state index in [9.17, 15) is 0 Å². The molecule has 0 aliphatic heterocycles. The number of hydrogen-bond donors (Lipinski definition) is 0. The number of hydrogen-bond acceptors (Lipinski definition) is 2. The molecule has 0 amide bonds. The Labute approximate surface area is 283 Å². The molecule has 7 aromatic carbocycles. The molecule has 1 aliphatic carbocycles. The standard InChI is InChI=1S/C46H36N2/c1-5-15-37(16-6-1)47(38-17-7-2-8-18-38)41-29-25-35(26-30-41)43-33-34-44(46-24-14-13-23-45(43)46)36-27-31-42(32-28-36)48(39-19-9-3-10-20-39)40-21-11-4-12-22-40/h1-21,23-34,40H,22H2. The summed E-state index contributed by atoms with van der Waals surface area (Å²) in [6.07, 6.45) is 9.81. The van der Waals surface area contributed by atoms with Crippen LogP contribution in [0.2, 0.25) is 0 Å². The molecule has 0 saturated carbocycles. The molecule has 2 nitrogen and oxygen atoms in total. The number of rotatable bonds is 8. The van der Waals surface area contributed by atoms with E-state index < -0.39 is 0 Å². The minimum Gasteiger partial charge on any atom is -0.334 e. The van der Waals surface area contributed by atoms with Crippen molar-refractivity contribution in [1.82, 2.24) is 0 Å². The van der Waals surface area contributed by atoms with Crippen LogP contribution in [0.1, 0.15) is 6.42 Å². The zero-order valence-corrected chi connectivity index (χ0v) is 26.7. The zero-order chi connectivity index (χ0) is 32.1. The van der Waals surface area contributed by atoms with Crippen LogP contribution in [-0.2, 0) is 0 Å². The van der Waals surface area contributed by atoms with Crippen molar-refractivity contribution in [3.63, 3.8) is 0 Å². The monoisotopic (exact) mass is 616 g/mol. The molecular weight excluding hydrogens is 581 g/mol. The summed E-state index contributed by atoms with van der Waals surface area (Å²) in [4.78, 5) is 4.74. The fourth-order valence-corrected chi connectivity index (χ4v) is 6.88. The summed E-state index contributed by atoms with van der Waals surface area (Å²) < 4.78 is 0. The summed E-state index contributed by atoms with van der Waals surface area (Å²) in [6, 6.07) is 63.4. The van der Waals surface area contributed by atoms with Crippen molar-refractivity contribution in [3.05, 3.63) is 200 Å². The Bertz CT molecular complexity index is 2140. The van der Waals surface area contributed by atoms with Crippen molar-refractivity contribution in [1.29, 1.82) is 0 Å². The van der Waals surface area contributed by atoms with Crippen LogP contribution in [-0.4, -0.2) is 6.04 Å². The van der Waals surface area contributed by atoms with E-state index in [4.69, 9.17) is 0 Å². The fraction of sp³-hybridized carbons (Fsp3) is 0.0435. The van der Waals surface area contributed by atoms with Gasteiger partial charge in [0.2, 0.25) is 0 Å². The Balaban J connectivity index is 1.13. The fourth-order valence-electron chi connectivity index (χ4n) is 6.88. The van der Waals surface area contributed by atoms with Crippen LogP contribution in [0.5, 0.6) is 0 Å². The summed E-state index contributed by atoms with van der Waals surface area (Å²) in [5.41, 5.74) is 10.7. The highest BCUT2D eigenvalue weighted by molar-refractivity contribution is 6.05. The second-order valence-electron chi connectivity index (χ2n) is 12.1. The van der Waals surface area contributed by atoms with E-state index in [2.05, 4.69) is 210 Å². The van der Waals surface area contributed by atoms with Crippen LogP contribution >= 0.6 is 0 Å². The van der Waals surface area contributed by atoms with E-state index in [0.717, 1.165) is 23.5 Å². The van der Waals surface area contributed by atoms with Gasteiger partial charge in [0.1, 0.15) is 0 Å². The van der Waals surface area contributed by atoms with Gasteiger partial charge < -0.3 is 9.80 Å². The van der Waals surface area contributed by atoms with Crippen LogP contribution < -0.4 is 9.80 Å². The minimum atomic E-state index is 0.280. The Kier molecular flexibility index (Phi) is 8.13. The SMILES string of the molecule is C1=CCC(N(c2ccccc2)c2ccc(-c3ccc(-c4ccc(N(c5ccccc5)c5ccccc5)cc4)c4ccccc34)cc2)C=C1. The summed E-state index contributed by atoms with van der Waals surface area (Å²) >= 11 is 0. The maximum absolute atomic E-state index is 2.44. The van der Waals surface area contributed by atoms with Crippen LogP contribution in [0.25, 0.3) is 33.0 Å². The van der Waals surface area contributed by atoms with E-state index in [1.807, 2.05) is 0 Å². The van der Waals surface area contributed by atoms with Crippen molar-refractivity contribution in [2.75, 3.05) is 9.80 Å². The first-order valence-corrected chi connectivity index (χ1v) is 16.6. The third kappa shape index (κ3) is 5.81. The molecule has 0 aromatic heterocycles. The van der Waals surface area contributed by atoms with Gasteiger partial charge in [-0.2, -0.15) is 0 Å². The molecule has 7 aromatic rings. The maximum atomic E-state index is 2.44. The first-order valence-electron chi connectivity index (χ1n) is 16.6. The summed E-state index contributed by atoms with van der Waals surface area (Å²) in [6.45, 7) is 0. The average molecular weight is 617 g/mol. The van der Waals surface area contributed by atoms with Gasteiger partial charge in [-0.3, -0.25) is 0 Å². The van der Waals surface area contributed by atoms with Crippen molar-refractivity contribution >= 4 is 39.2 Å². The molecule has 0 N–H and O–H groups in total. The molecule has 8 rings (SSSR count). The number of allylic oxidation sites excluding steroid dienone is 2. The molecule has 1 atom stereocenters. The van der Waals surface area contributed by atoms with Crippen LogP contribution in [0.15, 0.2) is 200 Å². The van der Waals surface area contributed by atoms with Crippen molar-refractivity contribution in [2.24, 2.45) is 0 Å². The normalized spacial score (nSPS) is 13.8. The lowest BCUT2D eigenvalue weighted by Gasteiger charge is -2.32. The zero-order valence-electron chi connectivity index (χ0n) is 26.7. The number of fused-ring (bicyclic) bond motifs is 1. The Morgan fingerprint density at radius 2 is 0.792 bits per heavy atom. The quantitative estimate of drug-likeness (QED) is 0.168. The molecule has 0 fully saturated rings. The van der Waals surface area contributed by atoms with Gasteiger partial charge in [-0.15, -0.1) is 0 Å². The number of para-hydroxylation sites is 3. The lowest BCUT2D eigenvalue weighted by molar-refractivity contribution is 0.785. The van der Waals surface area contributed by atoms with E-state index in [-0.39, 0.29) is 6.04 Å². The second kappa shape index (κ2) is 13.3. The molecule has 0 saturated heterocycles. The van der Waals surface area contributed by atoms with Gasteiger partial charge in [0.25, 0.3) is 0 Å². The molecule has 1 aliphatic rings. The van der Waals surface area contributed by atoms with Crippen molar-refractivity contribution in [3.8, 4) is 22.3 Å². The van der Waals surface area contributed by atoms with Gasteiger partial charge in [-0.05, 0) is 100 Å². The second-order valence-corrected chi connectivity index (χ2v) is 12.1. The Hall–Kier alpha value is -6.12. The van der Waals surface area contributed by atoms with Crippen LogP contribution in [0.4, 0.5) is 28.4 Å². The maximum Gasteiger partial charge on any atom is 0.0559 e. The highest BCUT2D eigenvalue weighted by Gasteiger charge is 2.19. The van der Waals surface area contributed by atoms with Gasteiger partial charge in [-0.1, -0.05) is 140 Å². The Morgan fingerprint density at radius 3 is 1.27 bits per heavy atom. The predicted molar refractivity (Wildman–Crippen MR) is 205 cm³/mol. The largest absolute Gasteiger partial charge is 0.334 e. The molecule has 0 radical (unpaired) electrons. The smallest absolute Gasteiger partial charge is 0.0559 e. The van der Waals surface area contributed by atoms with Crippen LogP contribution in [0.3, 0.4) is 0 Å². The molecule has 0 heterocycles. The van der Waals surface area contributed by atoms with E-state index in [1.165, 1.54) is 44.4 Å². The third-order valence-electron chi connectivity index (χ3n) is 9.17. The number of benzene rings is 7. The summed E-state index contributed by atoms with van der Waals surface area (Å²) in [5.74, 6) is 0. The molecule has 0 spiro atoms. The average Bonchev–Trinajstić information content (AvgIpc) is 3.17. The van der Waals surface area contributed by atoms with Crippen molar-refractivity contribution in [2.45, 2.75) is 12.5 Å². The molecular formula is C46H36N2.